The highest BCUT2D eigenvalue weighted by Crippen LogP contribution is 2.29. The molecule has 0 radical (unpaired) electrons. The minimum atomic E-state index is 0.402. The van der Waals surface area contributed by atoms with E-state index >= 15 is 0 Å². The van der Waals surface area contributed by atoms with Gasteiger partial charge in [-0.15, -0.1) is 11.3 Å². The van der Waals surface area contributed by atoms with Gasteiger partial charge in [-0.25, -0.2) is 0 Å². The topological polar surface area (TPSA) is 17.8 Å². The Morgan fingerprint density at radius 3 is 2.64 bits per heavy atom. The Balaban J connectivity index is 2.33. The van der Waals surface area contributed by atoms with Crippen LogP contribution in [0.25, 0.3) is 10.6 Å². The van der Waals surface area contributed by atoms with Crippen molar-refractivity contribution in [3.8, 4) is 10.6 Å². The van der Waals surface area contributed by atoms with Gasteiger partial charge in [-0.2, -0.15) is 5.10 Å². The zero-order valence-electron chi connectivity index (χ0n) is 8.07. The molecule has 0 aliphatic rings. The van der Waals surface area contributed by atoms with Gasteiger partial charge in [0.2, 0.25) is 0 Å². The molecule has 0 unspecified atom stereocenters. The summed E-state index contributed by atoms with van der Waals surface area (Å²) in [5, 5.41) is 4.46. The normalized spacial score (nSPS) is 11.1. The van der Waals surface area contributed by atoms with Gasteiger partial charge in [0.15, 0.2) is 0 Å². The second-order valence-electron chi connectivity index (χ2n) is 3.38. The number of nitrogens with zero attached hydrogens (tertiary/aromatic N) is 2. The van der Waals surface area contributed by atoms with Crippen LogP contribution in [0.5, 0.6) is 0 Å². The summed E-state index contributed by atoms with van der Waals surface area (Å²) in [5.74, 6) is 0. The molecule has 0 aliphatic carbocycles. The molecule has 74 valence electrons. The molecule has 0 aliphatic heterocycles. The maximum atomic E-state index is 5.86. The van der Waals surface area contributed by atoms with E-state index in [9.17, 15) is 0 Å². The van der Waals surface area contributed by atoms with E-state index in [0.29, 0.717) is 6.04 Å². The lowest BCUT2D eigenvalue weighted by atomic mass is 10.3. The van der Waals surface area contributed by atoms with E-state index in [0.717, 1.165) is 14.9 Å². The fourth-order valence-corrected chi connectivity index (χ4v) is 2.22. The van der Waals surface area contributed by atoms with Crippen molar-refractivity contribution in [2.24, 2.45) is 0 Å². The molecule has 2 rings (SSSR count). The number of aromatic nitrogens is 2. The van der Waals surface area contributed by atoms with Crippen molar-refractivity contribution >= 4 is 22.9 Å². The first kappa shape index (κ1) is 9.74. The monoisotopic (exact) mass is 226 g/mol. The third-order valence-corrected chi connectivity index (χ3v) is 3.22. The maximum absolute atomic E-state index is 5.86. The molecule has 4 heteroatoms. The first-order valence-electron chi connectivity index (χ1n) is 4.47. The number of rotatable bonds is 2. The van der Waals surface area contributed by atoms with Gasteiger partial charge in [0.25, 0.3) is 0 Å². The minimum Gasteiger partial charge on any atom is -0.270 e. The van der Waals surface area contributed by atoms with E-state index in [-0.39, 0.29) is 0 Å². The molecule has 0 saturated carbocycles. The Morgan fingerprint density at radius 1 is 1.36 bits per heavy atom. The number of halogens is 1. The molecule has 2 nitrogen and oxygen atoms in total. The zero-order chi connectivity index (χ0) is 10.1. The summed E-state index contributed by atoms with van der Waals surface area (Å²) in [6.07, 6.45) is 1.99. The van der Waals surface area contributed by atoms with E-state index in [1.54, 1.807) is 11.3 Å². The van der Waals surface area contributed by atoms with Crippen LogP contribution in [0.3, 0.4) is 0 Å². The van der Waals surface area contributed by atoms with E-state index in [1.165, 1.54) is 0 Å². The van der Waals surface area contributed by atoms with Crippen LogP contribution in [0.1, 0.15) is 19.9 Å². The van der Waals surface area contributed by atoms with Crippen LogP contribution in [0, 0.1) is 0 Å². The predicted octanol–water partition coefficient (Wildman–Crippen LogP) is 3.85. The minimum absolute atomic E-state index is 0.402. The Kier molecular flexibility index (Phi) is 2.61. The van der Waals surface area contributed by atoms with Gasteiger partial charge in [0, 0.05) is 12.2 Å². The summed E-state index contributed by atoms with van der Waals surface area (Å²) in [7, 11) is 0. The molecule has 2 aromatic heterocycles. The van der Waals surface area contributed by atoms with Crippen LogP contribution in [0.15, 0.2) is 24.4 Å². The van der Waals surface area contributed by atoms with Crippen molar-refractivity contribution in [2.75, 3.05) is 0 Å². The molecule has 2 aromatic rings. The van der Waals surface area contributed by atoms with Crippen LogP contribution >= 0.6 is 22.9 Å². The molecule has 0 N–H and O–H groups in total. The zero-order valence-corrected chi connectivity index (χ0v) is 9.64. The number of hydrogen-bond acceptors (Lipinski definition) is 2. The molecule has 0 fully saturated rings. The summed E-state index contributed by atoms with van der Waals surface area (Å²) >= 11 is 7.42. The Hall–Kier alpha value is -0.800. The molecular weight excluding hydrogens is 216 g/mol. The molecule has 0 aromatic carbocycles. The van der Waals surface area contributed by atoms with Gasteiger partial charge in [-0.1, -0.05) is 11.6 Å². The van der Waals surface area contributed by atoms with E-state index < -0.39 is 0 Å². The number of thiophene rings is 1. The van der Waals surface area contributed by atoms with Crippen molar-refractivity contribution in [3.05, 3.63) is 28.7 Å². The van der Waals surface area contributed by atoms with Crippen molar-refractivity contribution in [1.82, 2.24) is 9.78 Å². The Labute approximate surface area is 92.1 Å². The van der Waals surface area contributed by atoms with Gasteiger partial charge < -0.3 is 0 Å². The Morgan fingerprint density at radius 2 is 2.14 bits per heavy atom. The predicted molar refractivity (Wildman–Crippen MR) is 60.9 cm³/mol. The summed E-state index contributed by atoms with van der Waals surface area (Å²) in [5.41, 5.74) is 0.996. The highest BCUT2D eigenvalue weighted by molar-refractivity contribution is 7.19. The van der Waals surface area contributed by atoms with Gasteiger partial charge in [-0.3, -0.25) is 4.68 Å². The van der Waals surface area contributed by atoms with Gasteiger partial charge in [0.05, 0.1) is 9.21 Å². The SMILES string of the molecule is CC(C)n1ccc(-c2ccc(Cl)s2)n1. The fraction of sp³-hybridized carbons (Fsp3) is 0.300. The molecule has 0 saturated heterocycles. The summed E-state index contributed by atoms with van der Waals surface area (Å²) in [6, 6.07) is 6.32. The van der Waals surface area contributed by atoms with Crippen molar-refractivity contribution in [2.45, 2.75) is 19.9 Å². The van der Waals surface area contributed by atoms with E-state index in [1.807, 2.05) is 29.1 Å². The van der Waals surface area contributed by atoms with E-state index in [4.69, 9.17) is 11.6 Å². The van der Waals surface area contributed by atoms with Crippen LogP contribution in [0.4, 0.5) is 0 Å². The van der Waals surface area contributed by atoms with Gasteiger partial charge in [-0.05, 0) is 32.0 Å². The third-order valence-electron chi connectivity index (χ3n) is 1.96. The van der Waals surface area contributed by atoms with Crippen molar-refractivity contribution in [1.29, 1.82) is 0 Å². The fourth-order valence-electron chi connectivity index (χ4n) is 1.21. The second kappa shape index (κ2) is 3.75. The first-order valence-corrected chi connectivity index (χ1v) is 5.67. The summed E-state index contributed by atoms with van der Waals surface area (Å²) in [6.45, 7) is 4.22. The lowest BCUT2D eigenvalue weighted by molar-refractivity contribution is 0.534. The Bertz CT molecular complexity index is 431. The van der Waals surface area contributed by atoms with Crippen molar-refractivity contribution in [3.63, 3.8) is 0 Å². The second-order valence-corrected chi connectivity index (χ2v) is 5.09. The average Bonchev–Trinajstić information content (AvgIpc) is 2.70. The number of hydrogen-bond donors (Lipinski definition) is 0. The molecule has 0 amide bonds. The molecule has 2 heterocycles. The molecule has 0 spiro atoms. The standard InChI is InChI=1S/C10H11ClN2S/c1-7(2)13-6-5-8(12-13)9-3-4-10(11)14-9/h3-7H,1-2H3. The van der Waals surface area contributed by atoms with Crippen LogP contribution < -0.4 is 0 Å². The van der Waals surface area contributed by atoms with E-state index in [2.05, 4.69) is 18.9 Å². The lowest BCUT2D eigenvalue weighted by Gasteiger charge is -2.02. The quantitative estimate of drug-likeness (QED) is 0.761. The third kappa shape index (κ3) is 1.83. The molecule has 14 heavy (non-hydrogen) atoms. The largest absolute Gasteiger partial charge is 0.270 e. The van der Waals surface area contributed by atoms with Crippen molar-refractivity contribution < 1.29 is 0 Å². The van der Waals surface area contributed by atoms with Crippen LogP contribution in [-0.4, -0.2) is 9.78 Å². The highest BCUT2D eigenvalue weighted by atomic mass is 35.5. The molecular formula is C10H11ClN2S. The highest BCUT2D eigenvalue weighted by Gasteiger charge is 2.06. The summed E-state index contributed by atoms with van der Waals surface area (Å²) in [4.78, 5) is 1.12. The van der Waals surface area contributed by atoms with Gasteiger partial charge >= 0.3 is 0 Å². The molecule has 0 bridgehead atoms. The average molecular weight is 227 g/mol. The smallest absolute Gasteiger partial charge is 0.102 e. The molecule has 0 atom stereocenters. The lowest BCUT2D eigenvalue weighted by Crippen LogP contribution is -2.00. The van der Waals surface area contributed by atoms with Gasteiger partial charge in [0.1, 0.15) is 5.69 Å². The summed E-state index contributed by atoms with van der Waals surface area (Å²) < 4.78 is 2.75. The maximum Gasteiger partial charge on any atom is 0.102 e. The van der Waals surface area contributed by atoms with Crippen LogP contribution in [0.2, 0.25) is 4.34 Å². The first-order chi connectivity index (χ1) is 6.66. The van der Waals surface area contributed by atoms with Crippen LogP contribution in [-0.2, 0) is 0 Å².